The van der Waals surface area contributed by atoms with E-state index in [0.717, 1.165) is 19.5 Å². The summed E-state index contributed by atoms with van der Waals surface area (Å²) in [7, 11) is 0. The zero-order valence-electron chi connectivity index (χ0n) is 9.17. The second-order valence-corrected chi connectivity index (χ2v) is 3.83. The molecule has 0 atom stereocenters. The van der Waals surface area contributed by atoms with Gasteiger partial charge < -0.3 is 11.1 Å². The van der Waals surface area contributed by atoms with Gasteiger partial charge >= 0.3 is 0 Å². The molecule has 6 nitrogen and oxygen atoms in total. The van der Waals surface area contributed by atoms with E-state index < -0.39 is 0 Å². The van der Waals surface area contributed by atoms with Crippen molar-refractivity contribution in [3.8, 4) is 0 Å². The zero-order valence-corrected chi connectivity index (χ0v) is 9.93. The van der Waals surface area contributed by atoms with Gasteiger partial charge in [-0.2, -0.15) is 10.1 Å². The van der Waals surface area contributed by atoms with Crippen LogP contribution in [0.15, 0.2) is 24.7 Å². The molecule has 0 unspecified atom stereocenters. The number of nitrogens with zero attached hydrogens (tertiary/aromatic N) is 4. The first kappa shape index (κ1) is 11.7. The van der Waals surface area contributed by atoms with Crippen LogP contribution in [-0.4, -0.2) is 26.3 Å². The minimum atomic E-state index is 0.189. The highest BCUT2D eigenvalue weighted by Gasteiger charge is 2.01. The van der Waals surface area contributed by atoms with Crippen LogP contribution >= 0.6 is 11.6 Å². The van der Waals surface area contributed by atoms with Gasteiger partial charge in [-0.1, -0.05) is 0 Å². The maximum absolute atomic E-state index is 5.70. The predicted molar refractivity (Wildman–Crippen MR) is 66.8 cm³/mol. The van der Waals surface area contributed by atoms with Crippen molar-refractivity contribution < 1.29 is 0 Å². The minimum absolute atomic E-state index is 0.189. The lowest BCUT2D eigenvalue weighted by atomic mass is 10.4. The topological polar surface area (TPSA) is 81.6 Å². The van der Waals surface area contributed by atoms with Crippen molar-refractivity contribution in [2.75, 3.05) is 17.6 Å². The Morgan fingerprint density at radius 1 is 1.47 bits per heavy atom. The van der Waals surface area contributed by atoms with Crippen LogP contribution in [0.3, 0.4) is 0 Å². The molecule has 3 N–H and O–H groups in total. The van der Waals surface area contributed by atoms with Crippen LogP contribution in [0.4, 0.5) is 11.5 Å². The highest BCUT2D eigenvalue weighted by atomic mass is 35.5. The Kier molecular flexibility index (Phi) is 3.77. The Morgan fingerprint density at radius 2 is 2.35 bits per heavy atom. The number of anilines is 2. The van der Waals surface area contributed by atoms with Gasteiger partial charge in [0.2, 0.25) is 5.28 Å². The summed E-state index contributed by atoms with van der Waals surface area (Å²) in [6, 6.07) is 1.90. The fraction of sp³-hybridized carbons (Fsp3) is 0.300. The lowest BCUT2D eigenvalue weighted by Gasteiger charge is -2.07. The van der Waals surface area contributed by atoms with E-state index in [4.69, 9.17) is 17.3 Å². The summed E-state index contributed by atoms with van der Waals surface area (Å²) < 4.78 is 1.87. The number of nitrogens with two attached hydrogens (primary N) is 1. The van der Waals surface area contributed by atoms with Crippen molar-refractivity contribution in [3.63, 3.8) is 0 Å². The third-order valence-electron chi connectivity index (χ3n) is 2.20. The second kappa shape index (κ2) is 5.49. The molecule has 0 fully saturated rings. The number of rotatable bonds is 5. The molecular formula is C10H13ClN6. The molecule has 7 heteroatoms. The van der Waals surface area contributed by atoms with Crippen molar-refractivity contribution in [1.29, 1.82) is 0 Å². The van der Waals surface area contributed by atoms with Crippen LogP contribution in [0.25, 0.3) is 0 Å². The summed E-state index contributed by atoms with van der Waals surface area (Å²) >= 11 is 5.68. The van der Waals surface area contributed by atoms with Crippen LogP contribution in [-0.2, 0) is 6.54 Å². The molecule has 0 aromatic carbocycles. The van der Waals surface area contributed by atoms with Gasteiger partial charge in [-0.15, -0.1) is 0 Å². The molecule has 2 rings (SSSR count). The highest BCUT2D eigenvalue weighted by Crippen LogP contribution is 2.15. The predicted octanol–water partition coefficient (Wildman–Crippen LogP) is 1.41. The van der Waals surface area contributed by atoms with Gasteiger partial charge in [0, 0.05) is 25.5 Å². The number of nitrogens with one attached hydrogen (secondary N) is 1. The van der Waals surface area contributed by atoms with Gasteiger partial charge in [0.05, 0.1) is 11.9 Å². The normalized spacial score (nSPS) is 10.4. The summed E-state index contributed by atoms with van der Waals surface area (Å²) in [6.07, 6.45) is 6.10. The number of hydrogen-bond acceptors (Lipinski definition) is 5. The minimum Gasteiger partial charge on any atom is -0.394 e. The highest BCUT2D eigenvalue weighted by molar-refractivity contribution is 6.28. The van der Waals surface area contributed by atoms with Gasteiger partial charge in [0.1, 0.15) is 0 Å². The zero-order chi connectivity index (χ0) is 12.1. The molecular weight excluding hydrogens is 240 g/mol. The molecule has 17 heavy (non-hydrogen) atoms. The molecule has 2 aromatic heterocycles. The summed E-state index contributed by atoms with van der Waals surface area (Å²) in [5, 5.41) is 7.41. The molecule has 2 aromatic rings. The van der Waals surface area contributed by atoms with E-state index in [1.807, 2.05) is 16.9 Å². The Labute approximate surface area is 104 Å². The summed E-state index contributed by atoms with van der Waals surface area (Å²) in [5.74, 6) is 0.575. The summed E-state index contributed by atoms with van der Waals surface area (Å²) in [4.78, 5) is 7.79. The van der Waals surface area contributed by atoms with Crippen molar-refractivity contribution >= 4 is 23.1 Å². The molecule has 0 aliphatic carbocycles. The van der Waals surface area contributed by atoms with Crippen LogP contribution in [0.5, 0.6) is 0 Å². The first-order valence-electron chi connectivity index (χ1n) is 5.25. The fourth-order valence-electron chi connectivity index (χ4n) is 1.39. The maximum atomic E-state index is 5.70. The van der Waals surface area contributed by atoms with Gasteiger partial charge in [0.15, 0.2) is 5.82 Å². The molecule has 90 valence electrons. The van der Waals surface area contributed by atoms with Gasteiger partial charge in [-0.3, -0.25) is 4.68 Å². The molecule has 0 saturated carbocycles. The Morgan fingerprint density at radius 3 is 3.12 bits per heavy atom. The second-order valence-electron chi connectivity index (χ2n) is 3.49. The molecule has 0 amide bonds. The maximum Gasteiger partial charge on any atom is 0.224 e. The van der Waals surface area contributed by atoms with E-state index in [-0.39, 0.29) is 5.28 Å². The monoisotopic (exact) mass is 252 g/mol. The Hall–Kier alpha value is -1.82. The smallest absolute Gasteiger partial charge is 0.224 e. The summed E-state index contributed by atoms with van der Waals surface area (Å²) in [5.41, 5.74) is 6.20. The van der Waals surface area contributed by atoms with Crippen LogP contribution < -0.4 is 11.1 Å². The van der Waals surface area contributed by atoms with Crippen molar-refractivity contribution in [2.45, 2.75) is 13.0 Å². The number of halogens is 1. The Balaban J connectivity index is 1.80. The molecule has 0 aliphatic rings. The Bertz CT molecular complexity index is 470. The quantitative estimate of drug-likeness (QED) is 0.621. The van der Waals surface area contributed by atoms with Crippen LogP contribution in [0.2, 0.25) is 5.28 Å². The van der Waals surface area contributed by atoms with Gasteiger partial charge in [0.25, 0.3) is 0 Å². The molecule has 0 aliphatic heterocycles. The van der Waals surface area contributed by atoms with E-state index >= 15 is 0 Å². The van der Waals surface area contributed by atoms with E-state index in [1.54, 1.807) is 6.20 Å². The average Bonchev–Trinajstić information content (AvgIpc) is 2.82. The first-order chi connectivity index (χ1) is 8.25. The molecule has 0 radical (unpaired) electrons. The molecule has 2 heterocycles. The van der Waals surface area contributed by atoms with E-state index in [9.17, 15) is 0 Å². The third-order valence-corrected chi connectivity index (χ3v) is 2.39. The first-order valence-corrected chi connectivity index (χ1v) is 5.63. The number of hydrogen-bond donors (Lipinski definition) is 2. The van der Waals surface area contributed by atoms with E-state index in [0.29, 0.717) is 11.5 Å². The number of aromatic nitrogens is 4. The van der Waals surface area contributed by atoms with Crippen LogP contribution in [0.1, 0.15) is 6.42 Å². The van der Waals surface area contributed by atoms with Crippen molar-refractivity contribution in [2.24, 2.45) is 0 Å². The largest absolute Gasteiger partial charge is 0.394 e. The molecule has 0 saturated heterocycles. The fourth-order valence-corrected chi connectivity index (χ4v) is 1.53. The van der Waals surface area contributed by atoms with E-state index in [2.05, 4.69) is 20.4 Å². The van der Waals surface area contributed by atoms with Crippen LogP contribution in [0, 0.1) is 0 Å². The SMILES string of the molecule is Nc1cnc(Cl)nc1NCCCn1cccn1. The number of aryl methyl sites for hydroxylation is 1. The van der Waals surface area contributed by atoms with Crippen molar-refractivity contribution in [3.05, 3.63) is 29.9 Å². The lowest BCUT2D eigenvalue weighted by molar-refractivity contribution is 0.591. The number of nitrogen functional groups attached to an aromatic ring is 1. The van der Waals surface area contributed by atoms with Gasteiger partial charge in [-0.25, -0.2) is 4.98 Å². The average molecular weight is 253 g/mol. The standard InChI is InChI=1S/C10H13ClN6/c11-10-14-7-8(12)9(16-10)13-3-1-5-17-6-2-4-15-17/h2,4,6-7H,1,3,5,12H2,(H,13,14,16). The molecule has 0 bridgehead atoms. The lowest BCUT2D eigenvalue weighted by Crippen LogP contribution is -2.10. The van der Waals surface area contributed by atoms with Crippen molar-refractivity contribution in [1.82, 2.24) is 19.7 Å². The molecule has 0 spiro atoms. The van der Waals surface area contributed by atoms with Gasteiger partial charge in [-0.05, 0) is 24.1 Å². The summed E-state index contributed by atoms with van der Waals surface area (Å²) in [6.45, 7) is 1.59. The van der Waals surface area contributed by atoms with E-state index in [1.165, 1.54) is 6.20 Å². The third kappa shape index (κ3) is 3.32.